The van der Waals surface area contributed by atoms with E-state index in [1.165, 1.54) is 75.7 Å². The fourth-order valence-electron chi connectivity index (χ4n) is 18.5. The first-order valence-electron chi connectivity index (χ1n) is 40.4. The van der Waals surface area contributed by atoms with Crippen molar-refractivity contribution in [1.29, 1.82) is 0 Å². The van der Waals surface area contributed by atoms with Gasteiger partial charge in [0.15, 0.2) is 0 Å². The van der Waals surface area contributed by atoms with Crippen LogP contribution in [0.3, 0.4) is 0 Å². The maximum absolute atomic E-state index is 5.10. The van der Waals surface area contributed by atoms with Gasteiger partial charge in [-0.3, -0.25) is 49.4 Å². The monoisotopic (exact) mass is 1540 g/mol. The Morgan fingerprint density at radius 2 is 0.595 bits per heavy atom. The van der Waals surface area contributed by atoms with Gasteiger partial charge in [0.25, 0.3) is 0 Å². The van der Waals surface area contributed by atoms with Crippen LogP contribution in [0.1, 0.15) is 0 Å². The van der Waals surface area contributed by atoms with Gasteiger partial charge in [-0.05, 0) is 207 Å². The van der Waals surface area contributed by atoms with Crippen LogP contribution >= 0.6 is 0 Å². The number of hydrogen-bond acceptors (Lipinski definition) is 10. The zero-order chi connectivity index (χ0) is 79.6. The second-order valence-corrected chi connectivity index (χ2v) is 30.6. The Bertz CT molecular complexity index is 8430. The highest BCUT2D eigenvalue weighted by Crippen LogP contribution is 2.46. The van der Waals surface area contributed by atoms with Crippen molar-refractivity contribution in [2.75, 3.05) is 0 Å². The van der Waals surface area contributed by atoms with Crippen LogP contribution in [-0.2, 0) is 0 Å². The van der Waals surface area contributed by atoms with E-state index in [9.17, 15) is 0 Å². The first-order chi connectivity index (χ1) is 60.0. The minimum Gasteiger partial charge on any atom is -0.309 e. The van der Waals surface area contributed by atoms with Gasteiger partial charge in [0.1, 0.15) is 5.82 Å². The highest BCUT2D eigenvalue weighted by atomic mass is 15.1. The molecule has 121 heavy (non-hydrogen) atoms. The van der Waals surface area contributed by atoms with E-state index in [-0.39, 0.29) is 0 Å². The Kier molecular flexibility index (Phi) is 16.0. The van der Waals surface area contributed by atoms with Gasteiger partial charge in [0.05, 0.1) is 94.5 Å². The lowest BCUT2D eigenvalue weighted by Gasteiger charge is -2.13. The molecule has 13 aromatic carbocycles. The maximum Gasteiger partial charge on any atom is 0.138 e. The second kappa shape index (κ2) is 28.1. The summed E-state index contributed by atoms with van der Waals surface area (Å²) in [6, 6.07) is 118. The molecule has 0 atom stereocenters. The highest BCUT2D eigenvalue weighted by Gasteiger charge is 2.24. The molecule has 0 aliphatic rings. The van der Waals surface area contributed by atoms with Crippen molar-refractivity contribution < 1.29 is 0 Å². The molecule has 0 aliphatic carbocycles. The summed E-state index contributed by atoms with van der Waals surface area (Å²) in [5, 5.41) is 22.3. The van der Waals surface area contributed by atoms with Gasteiger partial charge < -0.3 is 9.13 Å². The van der Waals surface area contributed by atoms with Crippen LogP contribution in [0.15, 0.2) is 396 Å². The average Bonchev–Trinajstić information content (AvgIpc) is 1.57. The Balaban J connectivity index is 0.000000104. The molecule has 0 saturated carbocycles. The van der Waals surface area contributed by atoms with Crippen molar-refractivity contribution >= 4 is 174 Å². The summed E-state index contributed by atoms with van der Waals surface area (Å²) in [4.78, 5) is 47.2. The van der Waals surface area contributed by atoms with Crippen molar-refractivity contribution in [3.8, 4) is 62.0 Å². The lowest BCUT2D eigenvalue weighted by Crippen LogP contribution is -1.97. The Morgan fingerprint density at radius 1 is 0.198 bits per heavy atom. The number of para-hydroxylation sites is 1. The van der Waals surface area contributed by atoms with Crippen molar-refractivity contribution in [3.05, 3.63) is 396 Å². The molecule has 26 rings (SSSR count). The zero-order valence-corrected chi connectivity index (χ0v) is 64.8. The summed E-state index contributed by atoms with van der Waals surface area (Å²) in [6.45, 7) is 0. The highest BCUT2D eigenvalue weighted by molar-refractivity contribution is 6.26. The summed E-state index contributed by atoms with van der Waals surface area (Å²) in [6.07, 6.45) is 18.6. The summed E-state index contributed by atoms with van der Waals surface area (Å²) in [7, 11) is 0. The summed E-state index contributed by atoms with van der Waals surface area (Å²) in [5.74, 6) is 0.904. The molecule has 13 heterocycles. The Labute approximate surface area is 690 Å². The molecular weight excluding hydrogens is 1480 g/mol. The molecule has 0 radical (unpaired) electrons. The molecule has 26 aromatic rings. The minimum atomic E-state index is 0.902. The zero-order valence-electron chi connectivity index (χ0n) is 64.8. The van der Waals surface area contributed by atoms with Gasteiger partial charge in [0, 0.05) is 154 Å². The summed E-state index contributed by atoms with van der Waals surface area (Å²) < 4.78 is 7.06. The van der Waals surface area contributed by atoms with Crippen molar-refractivity contribution in [2.45, 2.75) is 0 Å². The number of rotatable bonds is 7. The third-order valence-electron chi connectivity index (χ3n) is 23.9. The normalized spacial score (nSPS) is 11.8. The minimum absolute atomic E-state index is 0.902. The van der Waals surface area contributed by atoms with Crippen molar-refractivity contribution in [2.24, 2.45) is 0 Å². The van der Waals surface area contributed by atoms with E-state index >= 15 is 0 Å². The Morgan fingerprint density at radius 3 is 1.12 bits per heavy atom. The molecule has 13 heteroatoms. The molecule has 0 fully saturated rings. The first kappa shape index (κ1) is 68.7. The standard InChI is InChI=1S/C42H25N5.2C33H20N4/c1-3-10-31-26(7-1)14-19-38-40(31)34-23-28(15-18-37(34)47(38)39-20-16-27-8-2-4-12-36(27)46-39)35-17-13-30(25-45-35)33-24-29-9-5-21-43-41(29)42-32(33)11-6-22-44-42;1-2-9-25-21(6-1)11-14-29-31(25)27-18-22(24-8-3-15-34-20-24)12-13-28(27)37(29)30-19-23-7-4-16-35-32(23)33-26(30)10-5-17-36-33;1-2-9-24-21(7-1)12-15-29-31(24)26-19-22(27-11-3-4-16-34-27)13-14-28(26)37(29)30-20-23-8-5-17-35-32(23)33-25(30)10-6-18-36-33/h1-25H;2*1-20H. The van der Waals surface area contributed by atoms with Gasteiger partial charge in [-0.25, -0.2) is 4.98 Å². The van der Waals surface area contributed by atoms with Gasteiger partial charge >= 0.3 is 0 Å². The number of pyridine rings is 10. The molecule has 0 amide bonds. The van der Waals surface area contributed by atoms with E-state index in [2.05, 4.69) is 317 Å². The number of nitrogens with zero attached hydrogens (tertiary/aromatic N) is 13. The van der Waals surface area contributed by atoms with E-state index in [4.69, 9.17) is 19.9 Å². The number of hydrogen-bond donors (Lipinski definition) is 0. The molecule has 0 bridgehead atoms. The number of benzene rings is 13. The van der Waals surface area contributed by atoms with Crippen LogP contribution in [0.5, 0.6) is 0 Å². The number of fused-ring (bicyclic) bond motifs is 25. The van der Waals surface area contributed by atoms with Crippen molar-refractivity contribution in [1.82, 2.24) is 63.5 Å². The molecule has 0 aliphatic heterocycles. The summed E-state index contributed by atoms with van der Waals surface area (Å²) >= 11 is 0. The van der Waals surface area contributed by atoms with E-state index < -0.39 is 0 Å². The van der Waals surface area contributed by atoms with Crippen molar-refractivity contribution in [3.63, 3.8) is 0 Å². The molecule has 13 nitrogen and oxygen atoms in total. The molecule has 0 spiro atoms. The van der Waals surface area contributed by atoms with Gasteiger partial charge in [-0.1, -0.05) is 170 Å². The fourth-order valence-corrected chi connectivity index (χ4v) is 18.5. The molecule has 562 valence electrons. The number of aromatic nitrogens is 13. The third-order valence-corrected chi connectivity index (χ3v) is 23.9. The fraction of sp³-hybridized carbons (Fsp3) is 0. The predicted molar refractivity (Wildman–Crippen MR) is 497 cm³/mol. The maximum atomic E-state index is 5.10. The second-order valence-electron chi connectivity index (χ2n) is 30.6. The quantitative estimate of drug-likeness (QED) is 0.141. The lowest BCUT2D eigenvalue weighted by atomic mass is 9.98. The van der Waals surface area contributed by atoms with E-state index in [0.717, 1.165) is 160 Å². The molecule has 0 saturated heterocycles. The lowest BCUT2D eigenvalue weighted by molar-refractivity contribution is 1.10. The van der Waals surface area contributed by atoms with Gasteiger partial charge in [-0.15, -0.1) is 0 Å². The smallest absolute Gasteiger partial charge is 0.138 e. The van der Waals surface area contributed by atoms with Crippen LogP contribution in [-0.4, -0.2) is 63.5 Å². The van der Waals surface area contributed by atoms with Crippen LogP contribution in [0.4, 0.5) is 0 Å². The van der Waals surface area contributed by atoms with Crippen LogP contribution in [0, 0.1) is 0 Å². The average molecular weight is 1540 g/mol. The molecule has 0 unspecified atom stereocenters. The van der Waals surface area contributed by atoms with Crippen LogP contribution in [0.25, 0.3) is 236 Å². The van der Waals surface area contributed by atoms with E-state index in [1.807, 2.05) is 123 Å². The summed E-state index contributed by atoms with van der Waals surface area (Å²) in [5.41, 5.74) is 24.0. The van der Waals surface area contributed by atoms with E-state index in [1.54, 1.807) is 0 Å². The van der Waals surface area contributed by atoms with Gasteiger partial charge in [0.2, 0.25) is 0 Å². The van der Waals surface area contributed by atoms with E-state index in [0.29, 0.717) is 0 Å². The van der Waals surface area contributed by atoms with Crippen LogP contribution < -0.4 is 0 Å². The predicted octanol–water partition coefficient (Wildman–Crippen LogP) is 26.5. The largest absolute Gasteiger partial charge is 0.309 e. The van der Waals surface area contributed by atoms with Gasteiger partial charge in [-0.2, -0.15) is 0 Å². The third kappa shape index (κ3) is 11.3. The molecular formula is C108H65N13. The molecule has 13 aromatic heterocycles. The van der Waals surface area contributed by atoms with Crippen LogP contribution in [0.2, 0.25) is 0 Å². The Hall–Kier alpha value is -16.6. The first-order valence-corrected chi connectivity index (χ1v) is 40.4. The SMILES string of the molecule is c1ccc(-c2ccc3c(c2)c2c4ccccc4ccc2n3-c2cc3cccnc3c3ncccc23)nc1.c1ccc2nc(-n3c4ccc(-c5ccc(-c6cc7cccnc7c7ncccc67)cn5)cc4c4c5ccccc5ccc43)ccc2c1.c1cncc(-c2ccc3c(c2)c2c4ccccc4ccc2n3-c2cc3cccnc3c3ncccc23)c1. The topological polar surface area (TPSA) is 144 Å². The molecule has 0 N–H and O–H groups in total.